The van der Waals surface area contributed by atoms with E-state index in [0.29, 0.717) is 23.8 Å². The summed E-state index contributed by atoms with van der Waals surface area (Å²) in [6.07, 6.45) is 3.30. The molecule has 0 N–H and O–H groups in total. The normalized spacial score (nSPS) is 15.0. The Bertz CT molecular complexity index is 1080. The van der Waals surface area contributed by atoms with E-state index >= 15 is 0 Å². The van der Waals surface area contributed by atoms with Gasteiger partial charge in [0, 0.05) is 62.3 Å². The third-order valence-corrected chi connectivity index (χ3v) is 6.52. The summed E-state index contributed by atoms with van der Waals surface area (Å²) in [4.78, 5) is 18.3. The van der Waals surface area contributed by atoms with Crippen molar-refractivity contribution < 1.29 is 14.1 Å². The number of hydrogen-bond donors (Lipinski definition) is 0. The molecule has 1 aromatic heterocycles. The molecule has 8 heteroatoms. The van der Waals surface area contributed by atoms with Crippen molar-refractivity contribution in [2.75, 3.05) is 60.0 Å². The lowest BCUT2D eigenvalue weighted by Crippen LogP contribution is -2.49. The van der Waals surface area contributed by atoms with Gasteiger partial charge in [-0.1, -0.05) is 28.9 Å². The summed E-state index contributed by atoms with van der Waals surface area (Å²) in [6.45, 7) is 6.31. The molecule has 0 saturated carbocycles. The average Bonchev–Trinajstić information content (AvgIpc) is 3.26. The fraction of sp³-hybridized carbons (Fsp3) is 0.462. The molecule has 2 heterocycles. The Hall–Kier alpha value is -2.61. The molecule has 1 amide bonds. The zero-order valence-corrected chi connectivity index (χ0v) is 20.8. The first-order valence-electron chi connectivity index (χ1n) is 11.9. The molecule has 1 aliphatic heterocycles. The van der Waals surface area contributed by atoms with E-state index in [9.17, 15) is 4.79 Å². The lowest BCUT2D eigenvalue weighted by Gasteiger charge is -2.34. The maximum absolute atomic E-state index is 11.8. The molecule has 2 aromatic carbocycles. The fourth-order valence-corrected chi connectivity index (χ4v) is 4.26. The van der Waals surface area contributed by atoms with Gasteiger partial charge in [0.1, 0.15) is 11.4 Å². The van der Waals surface area contributed by atoms with E-state index in [1.54, 1.807) is 4.90 Å². The number of halogens is 1. The summed E-state index contributed by atoms with van der Waals surface area (Å²) in [5.41, 5.74) is 2.50. The average molecular weight is 485 g/mol. The monoisotopic (exact) mass is 484 g/mol. The largest absolute Gasteiger partial charge is 0.493 e. The van der Waals surface area contributed by atoms with Crippen LogP contribution in [0.15, 0.2) is 47.0 Å². The van der Waals surface area contributed by atoms with Crippen LogP contribution in [0.25, 0.3) is 22.2 Å². The third-order valence-electron chi connectivity index (χ3n) is 6.27. The summed E-state index contributed by atoms with van der Waals surface area (Å²) < 4.78 is 11.5. The number of nitrogens with zero attached hydrogens (tertiary/aromatic N) is 4. The maximum Gasteiger partial charge on any atom is 0.236 e. The van der Waals surface area contributed by atoms with E-state index in [4.69, 9.17) is 20.9 Å². The van der Waals surface area contributed by atoms with E-state index in [-0.39, 0.29) is 5.91 Å². The molecule has 0 unspecified atom stereocenters. The maximum atomic E-state index is 11.8. The number of piperazine rings is 1. The first-order chi connectivity index (χ1) is 16.5. The summed E-state index contributed by atoms with van der Waals surface area (Å²) in [7, 11) is 3.63. The van der Waals surface area contributed by atoms with Crippen LogP contribution in [0.1, 0.15) is 19.3 Å². The minimum atomic E-state index is 0.179. The second-order valence-electron chi connectivity index (χ2n) is 9.01. The van der Waals surface area contributed by atoms with Gasteiger partial charge in [0.05, 0.1) is 13.2 Å². The van der Waals surface area contributed by atoms with Crippen molar-refractivity contribution in [2.24, 2.45) is 0 Å². The molecule has 1 fully saturated rings. The molecule has 0 spiro atoms. The number of benzene rings is 2. The summed E-state index contributed by atoms with van der Waals surface area (Å²) in [6, 6.07) is 13.5. The van der Waals surface area contributed by atoms with Gasteiger partial charge in [0.2, 0.25) is 5.91 Å². The van der Waals surface area contributed by atoms with Gasteiger partial charge < -0.3 is 19.1 Å². The van der Waals surface area contributed by atoms with Crippen molar-refractivity contribution in [2.45, 2.75) is 19.3 Å². The van der Waals surface area contributed by atoms with E-state index < -0.39 is 0 Å². The number of carbonyl (C=O) groups is 1. The lowest BCUT2D eigenvalue weighted by atomic mass is 10.1. The van der Waals surface area contributed by atoms with E-state index in [1.165, 1.54) is 0 Å². The zero-order valence-electron chi connectivity index (χ0n) is 20.0. The molecule has 7 nitrogen and oxygen atoms in total. The topological polar surface area (TPSA) is 62.1 Å². The number of likely N-dealkylation sites (N-methyl/N-ethyl adjacent to an activating group) is 1. The third kappa shape index (κ3) is 6.50. The highest BCUT2D eigenvalue weighted by Crippen LogP contribution is 2.31. The molecule has 4 rings (SSSR count). The number of ether oxygens (including phenoxy) is 1. The highest BCUT2D eigenvalue weighted by Gasteiger charge is 2.19. The van der Waals surface area contributed by atoms with Gasteiger partial charge in [-0.2, -0.15) is 0 Å². The second-order valence-corrected chi connectivity index (χ2v) is 9.45. The van der Waals surface area contributed by atoms with Crippen molar-refractivity contribution in [3.05, 3.63) is 47.5 Å². The van der Waals surface area contributed by atoms with Crippen molar-refractivity contribution in [3.8, 4) is 17.0 Å². The Balaban J connectivity index is 1.14. The number of aromatic nitrogens is 1. The van der Waals surface area contributed by atoms with Crippen LogP contribution in [0.2, 0.25) is 5.02 Å². The van der Waals surface area contributed by atoms with Crippen molar-refractivity contribution in [1.82, 2.24) is 19.9 Å². The van der Waals surface area contributed by atoms with Gasteiger partial charge in [0.15, 0.2) is 5.58 Å². The predicted molar refractivity (Wildman–Crippen MR) is 135 cm³/mol. The van der Waals surface area contributed by atoms with Crippen LogP contribution in [0.3, 0.4) is 0 Å². The smallest absolute Gasteiger partial charge is 0.236 e. The van der Waals surface area contributed by atoms with Gasteiger partial charge >= 0.3 is 0 Å². The molecule has 0 aliphatic carbocycles. The molecule has 0 atom stereocenters. The Morgan fingerprint density at radius 1 is 1.03 bits per heavy atom. The van der Waals surface area contributed by atoms with Gasteiger partial charge in [-0.3, -0.25) is 9.69 Å². The van der Waals surface area contributed by atoms with E-state index in [2.05, 4.69) is 15.0 Å². The molecule has 3 aromatic rings. The second kappa shape index (κ2) is 11.7. The van der Waals surface area contributed by atoms with Gasteiger partial charge in [-0.25, -0.2) is 0 Å². The fourth-order valence-electron chi connectivity index (χ4n) is 4.13. The van der Waals surface area contributed by atoms with Gasteiger partial charge in [-0.15, -0.1) is 0 Å². The Labute approximate surface area is 206 Å². The predicted octanol–water partition coefficient (Wildman–Crippen LogP) is 4.40. The van der Waals surface area contributed by atoms with Crippen LogP contribution < -0.4 is 4.74 Å². The zero-order chi connectivity index (χ0) is 23.9. The Morgan fingerprint density at radius 3 is 2.50 bits per heavy atom. The Kier molecular flexibility index (Phi) is 8.43. The molecule has 182 valence electrons. The van der Waals surface area contributed by atoms with Crippen molar-refractivity contribution in [3.63, 3.8) is 0 Å². The number of fused-ring (bicyclic) bond motifs is 1. The van der Waals surface area contributed by atoms with Gasteiger partial charge in [0.25, 0.3) is 0 Å². The van der Waals surface area contributed by atoms with Crippen LogP contribution in [0.5, 0.6) is 5.75 Å². The quantitative estimate of drug-likeness (QED) is 0.397. The molecular formula is C26H33ClN4O3. The van der Waals surface area contributed by atoms with Crippen molar-refractivity contribution in [1.29, 1.82) is 0 Å². The van der Waals surface area contributed by atoms with Crippen molar-refractivity contribution >= 4 is 28.5 Å². The molecule has 0 radical (unpaired) electrons. The minimum absolute atomic E-state index is 0.179. The van der Waals surface area contributed by atoms with Crippen LogP contribution in [0.4, 0.5) is 0 Å². The summed E-state index contributed by atoms with van der Waals surface area (Å²) >= 11 is 5.98. The van der Waals surface area contributed by atoms with Crippen LogP contribution in [0, 0.1) is 0 Å². The molecule has 1 saturated heterocycles. The molecular weight excluding hydrogens is 452 g/mol. The first kappa shape index (κ1) is 24.5. The molecule has 34 heavy (non-hydrogen) atoms. The number of unbranched alkanes of at least 4 members (excludes halogenated alkanes) is 2. The highest BCUT2D eigenvalue weighted by atomic mass is 35.5. The SMILES string of the molecule is CN(C)C(=O)CN1CCN(CCCCCOc2ccc3c(-c4ccc(Cl)cc4)noc3c2)CC1. The number of carbonyl (C=O) groups excluding carboxylic acids is 1. The van der Waals surface area contributed by atoms with Crippen LogP contribution in [-0.2, 0) is 4.79 Å². The lowest BCUT2D eigenvalue weighted by molar-refractivity contribution is -0.130. The molecule has 0 bridgehead atoms. The summed E-state index contributed by atoms with van der Waals surface area (Å²) in [5.74, 6) is 0.979. The number of rotatable bonds is 10. The highest BCUT2D eigenvalue weighted by molar-refractivity contribution is 6.30. The first-order valence-corrected chi connectivity index (χ1v) is 12.3. The minimum Gasteiger partial charge on any atom is -0.493 e. The number of amides is 1. The molecule has 1 aliphatic rings. The standard InChI is InChI=1S/C26H33ClN4O3/c1-29(2)25(32)19-31-15-13-30(14-16-31)12-4-3-5-17-33-22-10-11-23-24(18-22)34-28-26(23)20-6-8-21(27)9-7-20/h6-11,18H,3-5,12-17,19H2,1-2H3. The number of hydrogen-bond acceptors (Lipinski definition) is 6. The van der Waals surface area contributed by atoms with Crippen LogP contribution in [-0.4, -0.2) is 85.7 Å². The van der Waals surface area contributed by atoms with E-state index in [0.717, 1.165) is 74.4 Å². The summed E-state index contributed by atoms with van der Waals surface area (Å²) in [5, 5.41) is 5.88. The Morgan fingerprint density at radius 2 is 1.76 bits per heavy atom. The van der Waals surface area contributed by atoms with Gasteiger partial charge in [-0.05, 0) is 50.1 Å². The van der Waals surface area contributed by atoms with Crippen LogP contribution >= 0.6 is 11.6 Å². The van der Waals surface area contributed by atoms with E-state index in [1.807, 2.05) is 56.6 Å².